The van der Waals surface area contributed by atoms with Gasteiger partial charge in [0.05, 0.1) is 18.4 Å². The van der Waals surface area contributed by atoms with E-state index >= 15 is 0 Å². The molecule has 0 atom stereocenters. The summed E-state index contributed by atoms with van der Waals surface area (Å²) in [4.78, 5) is 22.7. The van der Waals surface area contributed by atoms with E-state index in [1.807, 2.05) is 6.92 Å². The molecule has 1 aromatic heterocycles. The van der Waals surface area contributed by atoms with Crippen molar-refractivity contribution in [3.63, 3.8) is 0 Å². The maximum atomic E-state index is 11.6. The zero-order chi connectivity index (χ0) is 12.1. The second kappa shape index (κ2) is 5.29. The zero-order valence-electron chi connectivity index (χ0n) is 9.40. The number of nitrogens with zero attached hydrogens (tertiary/aromatic N) is 2. The minimum absolute atomic E-state index is 0.260. The predicted octanol–water partition coefficient (Wildman–Crippen LogP) is 0.621. The highest BCUT2D eigenvalue weighted by atomic mass is 16.5. The molecular formula is C10H15N3O3. The Hall–Kier alpha value is -1.85. The third kappa shape index (κ3) is 2.59. The van der Waals surface area contributed by atoms with E-state index in [0.717, 1.165) is 0 Å². The fourth-order valence-corrected chi connectivity index (χ4v) is 1.30. The van der Waals surface area contributed by atoms with Gasteiger partial charge in [-0.15, -0.1) is 0 Å². The Morgan fingerprint density at radius 2 is 2.19 bits per heavy atom. The van der Waals surface area contributed by atoms with Crippen molar-refractivity contribution in [3.8, 4) is 0 Å². The van der Waals surface area contributed by atoms with Crippen molar-refractivity contribution in [3.05, 3.63) is 11.8 Å². The predicted molar refractivity (Wildman–Crippen MR) is 57.9 cm³/mol. The van der Waals surface area contributed by atoms with Gasteiger partial charge in [-0.3, -0.25) is 9.59 Å². The van der Waals surface area contributed by atoms with Gasteiger partial charge in [-0.05, 0) is 13.8 Å². The quantitative estimate of drug-likeness (QED) is 0.451. The molecular weight excluding hydrogens is 210 g/mol. The molecule has 0 unspecified atom stereocenters. The van der Waals surface area contributed by atoms with Crippen LogP contribution >= 0.6 is 0 Å². The number of rotatable bonds is 5. The van der Waals surface area contributed by atoms with E-state index in [-0.39, 0.29) is 30.2 Å². The first-order valence-corrected chi connectivity index (χ1v) is 5.10. The highest BCUT2D eigenvalue weighted by molar-refractivity contribution is 6.08. The summed E-state index contributed by atoms with van der Waals surface area (Å²) in [5.74, 6) is -0.622. The monoisotopic (exact) mass is 225 g/mol. The third-order valence-corrected chi connectivity index (χ3v) is 2.09. The number of ether oxygens (including phenoxy) is 1. The number of carbonyl (C=O) groups excluding carboxylic acids is 2. The standard InChI is InChI=1S/C10H15N3O3/c1-3-13-10(11)7(6-12-13)8(14)5-9(15)16-4-2/h6H,3-5,11H2,1-2H3. The molecule has 1 aromatic rings. The summed E-state index contributed by atoms with van der Waals surface area (Å²) in [6.07, 6.45) is 1.08. The van der Waals surface area contributed by atoms with E-state index in [1.165, 1.54) is 10.9 Å². The van der Waals surface area contributed by atoms with Crippen molar-refractivity contribution in [2.24, 2.45) is 0 Å². The minimum atomic E-state index is -0.545. The Kier molecular flexibility index (Phi) is 4.04. The number of hydrogen-bond acceptors (Lipinski definition) is 5. The second-order valence-electron chi connectivity index (χ2n) is 3.16. The summed E-state index contributed by atoms with van der Waals surface area (Å²) < 4.78 is 6.18. The number of nitrogens with two attached hydrogens (primary N) is 1. The lowest BCUT2D eigenvalue weighted by Crippen LogP contribution is -2.13. The van der Waals surface area contributed by atoms with Crippen LogP contribution in [0.15, 0.2) is 6.20 Å². The van der Waals surface area contributed by atoms with E-state index in [4.69, 9.17) is 5.73 Å². The van der Waals surface area contributed by atoms with Gasteiger partial charge in [0, 0.05) is 6.54 Å². The van der Waals surface area contributed by atoms with Crippen LogP contribution < -0.4 is 5.73 Å². The first-order valence-electron chi connectivity index (χ1n) is 5.10. The average molecular weight is 225 g/mol. The molecule has 0 aliphatic rings. The second-order valence-corrected chi connectivity index (χ2v) is 3.16. The molecule has 0 saturated carbocycles. The summed E-state index contributed by atoms with van der Waals surface area (Å²) in [7, 11) is 0. The highest BCUT2D eigenvalue weighted by Gasteiger charge is 2.18. The smallest absolute Gasteiger partial charge is 0.313 e. The van der Waals surface area contributed by atoms with Crippen molar-refractivity contribution in [1.29, 1.82) is 0 Å². The fourth-order valence-electron chi connectivity index (χ4n) is 1.30. The van der Waals surface area contributed by atoms with Crippen molar-refractivity contribution in [2.75, 3.05) is 12.3 Å². The lowest BCUT2D eigenvalue weighted by atomic mass is 10.1. The van der Waals surface area contributed by atoms with Crippen LogP contribution in [0.25, 0.3) is 0 Å². The lowest BCUT2D eigenvalue weighted by Gasteiger charge is -2.02. The van der Waals surface area contributed by atoms with Gasteiger partial charge in [0.2, 0.25) is 0 Å². The summed E-state index contributed by atoms with van der Waals surface area (Å²) in [6, 6.07) is 0. The van der Waals surface area contributed by atoms with Gasteiger partial charge >= 0.3 is 5.97 Å². The molecule has 1 heterocycles. The molecule has 16 heavy (non-hydrogen) atoms. The van der Waals surface area contributed by atoms with Gasteiger partial charge in [0.25, 0.3) is 0 Å². The third-order valence-electron chi connectivity index (χ3n) is 2.09. The summed E-state index contributed by atoms with van der Waals surface area (Å²) in [6.45, 7) is 4.39. The molecule has 2 N–H and O–H groups in total. The van der Waals surface area contributed by atoms with Gasteiger partial charge < -0.3 is 10.5 Å². The van der Waals surface area contributed by atoms with Crippen molar-refractivity contribution < 1.29 is 14.3 Å². The number of carbonyl (C=O) groups is 2. The number of anilines is 1. The highest BCUT2D eigenvalue weighted by Crippen LogP contribution is 2.13. The zero-order valence-corrected chi connectivity index (χ0v) is 9.40. The molecule has 0 fully saturated rings. The maximum absolute atomic E-state index is 11.6. The molecule has 0 bridgehead atoms. The molecule has 0 amide bonds. The minimum Gasteiger partial charge on any atom is -0.466 e. The fraction of sp³-hybridized carbons (Fsp3) is 0.500. The Bertz CT molecular complexity index is 398. The van der Waals surface area contributed by atoms with E-state index < -0.39 is 5.97 Å². The molecule has 88 valence electrons. The van der Waals surface area contributed by atoms with E-state index in [0.29, 0.717) is 6.54 Å². The average Bonchev–Trinajstić information content (AvgIpc) is 2.59. The maximum Gasteiger partial charge on any atom is 0.313 e. The first-order chi connectivity index (χ1) is 7.60. The largest absolute Gasteiger partial charge is 0.466 e. The first kappa shape index (κ1) is 12.2. The Labute approximate surface area is 93.4 Å². The van der Waals surface area contributed by atoms with Gasteiger partial charge in [-0.2, -0.15) is 5.10 Å². The lowest BCUT2D eigenvalue weighted by molar-refractivity contribution is -0.141. The molecule has 0 saturated heterocycles. The SMILES string of the molecule is CCOC(=O)CC(=O)c1cnn(CC)c1N. The van der Waals surface area contributed by atoms with E-state index in [9.17, 15) is 9.59 Å². The van der Waals surface area contributed by atoms with E-state index in [2.05, 4.69) is 9.84 Å². The molecule has 0 radical (unpaired) electrons. The molecule has 0 aliphatic carbocycles. The molecule has 0 aromatic carbocycles. The van der Waals surface area contributed by atoms with Crippen LogP contribution in [0.2, 0.25) is 0 Å². The van der Waals surface area contributed by atoms with Crippen molar-refractivity contribution in [1.82, 2.24) is 9.78 Å². The number of Topliss-reactive ketones (excluding diaryl/α,β-unsaturated/α-hetero) is 1. The summed E-state index contributed by atoms with van der Waals surface area (Å²) in [5, 5.41) is 3.93. The van der Waals surface area contributed by atoms with Crippen LogP contribution in [-0.2, 0) is 16.1 Å². The van der Waals surface area contributed by atoms with Gasteiger partial charge in [0.15, 0.2) is 5.78 Å². The molecule has 0 spiro atoms. The molecule has 0 aliphatic heterocycles. The van der Waals surface area contributed by atoms with Gasteiger partial charge in [0.1, 0.15) is 12.2 Å². The van der Waals surface area contributed by atoms with Gasteiger partial charge in [-0.25, -0.2) is 4.68 Å². The molecule has 6 nitrogen and oxygen atoms in total. The van der Waals surface area contributed by atoms with Crippen LogP contribution in [0.4, 0.5) is 5.82 Å². The number of hydrogen-bond donors (Lipinski definition) is 1. The Balaban J connectivity index is 2.73. The van der Waals surface area contributed by atoms with Crippen LogP contribution in [0.3, 0.4) is 0 Å². The van der Waals surface area contributed by atoms with Crippen molar-refractivity contribution in [2.45, 2.75) is 26.8 Å². The van der Waals surface area contributed by atoms with Crippen LogP contribution in [0.5, 0.6) is 0 Å². The summed E-state index contributed by atoms with van der Waals surface area (Å²) >= 11 is 0. The number of esters is 1. The summed E-state index contributed by atoms with van der Waals surface area (Å²) in [5.41, 5.74) is 5.97. The topological polar surface area (TPSA) is 87.2 Å². The number of aromatic nitrogens is 2. The van der Waals surface area contributed by atoms with Crippen LogP contribution in [-0.4, -0.2) is 28.1 Å². The Morgan fingerprint density at radius 3 is 2.69 bits per heavy atom. The number of aryl methyl sites for hydroxylation is 1. The van der Waals surface area contributed by atoms with Crippen LogP contribution in [0.1, 0.15) is 30.6 Å². The van der Waals surface area contributed by atoms with E-state index in [1.54, 1.807) is 6.92 Å². The molecule has 1 rings (SSSR count). The van der Waals surface area contributed by atoms with Crippen LogP contribution in [0, 0.1) is 0 Å². The van der Waals surface area contributed by atoms with Crippen molar-refractivity contribution >= 4 is 17.6 Å². The Morgan fingerprint density at radius 1 is 1.50 bits per heavy atom. The number of nitrogen functional groups attached to an aromatic ring is 1. The van der Waals surface area contributed by atoms with Gasteiger partial charge in [-0.1, -0.05) is 0 Å². The number of ketones is 1. The normalized spacial score (nSPS) is 10.1. The molecule has 6 heteroatoms.